The van der Waals surface area contributed by atoms with Crippen LogP contribution in [-0.2, 0) is 9.59 Å². The predicted octanol–water partition coefficient (Wildman–Crippen LogP) is 5.04. The molecule has 2 N–H and O–H groups in total. The second-order valence-electron chi connectivity index (χ2n) is 7.63. The van der Waals surface area contributed by atoms with Crippen molar-refractivity contribution < 1.29 is 9.59 Å². The van der Waals surface area contributed by atoms with Crippen molar-refractivity contribution in [1.29, 1.82) is 0 Å². The topological polar surface area (TPSA) is 93.1 Å². The molecule has 1 aromatic heterocycles. The molecular weight excluding hydrogens is 472 g/mol. The van der Waals surface area contributed by atoms with Crippen LogP contribution in [-0.4, -0.2) is 27.1 Å². The Kier molecular flexibility index (Phi) is 7.00. The monoisotopic (exact) mass is 492 g/mol. The van der Waals surface area contributed by atoms with E-state index in [2.05, 4.69) is 15.6 Å². The Labute approximate surface area is 205 Å². The van der Waals surface area contributed by atoms with E-state index in [1.165, 1.54) is 11.5 Å². The first-order chi connectivity index (χ1) is 16.3. The van der Waals surface area contributed by atoms with E-state index in [1.54, 1.807) is 42.5 Å². The standard InChI is InChI=1S/C25H21ClN4O3S/c1-15-5-3-8-20(11-15)30-24(33)21-10-9-17(26)12-22(21)29-25(30)34-14-23(32)28-19-7-4-6-18(13-19)27-16(2)31/h3-13H,14H2,1-2H3,(H,27,31)(H,28,32). The molecule has 3 aromatic carbocycles. The lowest BCUT2D eigenvalue weighted by Crippen LogP contribution is -2.23. The summed E-state index contributed by atoms with van der Waals surface area (Å²) in [5, 5.41) is 6.78. The van der Waals surface area contributed by atoms with Gasteiger partial charge in [-0.2, -0.15) is 0 Å². The Morgan fingerprint density at radius 1 is 1.00 bits per heavy atom. The lowest BCUT2D eigenvalue weighted by atomic mass is 10.2. The summed E-state index contributed by atoms with van der Waals surface area (Å²) >= 11 is 7.27. The molecule has 9 heteroatoms. The van der Waals surface area contributed by atoms with Crippen LogP contribution in [0, 0.1) is 6.92 Å². The van der Waals surface area contributed by atoms with E-state index in [0.29, 0.717) is 38.1 Å². The van der Waals surface area contributed by atoms with Gasteiger partial charge < -0.3 is 10.6 Å². The molecule has 0 spiro atoms. The summed E-state index contributed by atoms with van der Waals surface area (Å²) in [6, 6.07) is 19.3. The molecule has 7 nitrogen and oxygen atoms in total. The average molecular weight is 493 g/mol. The number of carbonyl (C=O) groups is 2. The Morgan fingerprint density at radius 2 is 1.74 bits per heavy atom. The SMILES string of the molecule is CC(=O)Nc1cccc(NC(=O)CSc2nc3cc(Cl)ccc3c(=O)n2-c2cccc(C)c2)c1. The summed E-state index contributed by atoms with van der Waals surface area (Å²) in [7, 11) is 0. The van der Waals surface area contributed by atoms with Gasteiger partial charge in [-0.15, -0.1) is 0 Å². The van der Waals surface area contributed by atoms with E-state index in [9.17, 15) is 14.4 Å². The predicted molar refractivity (Wildman–Crippen MR) is 137 cm³/mol. The summed E-state index contributed by atoms with van der Waals surface area (Å²) in [6.07, 6.45) is 0. The van der Waals surface area contributed by atoms with Crippen molar-refractivity contribution in [1.82, 2.24) is 9.55 Å². The molecule has 0 atom stereocenters. The van der Waals surface area contributed by atoms with E-state index < -0.39 is 0 Å². The number of hydrogen-bond acceptors (Lipinski definition) is 5. The molecular formula is C25H21ClN4O3S. The van der Waals surface area contributed by atoms with Crippen LogP contribution in [0.2, 0.25) is 5.02 Å². The van der Waals surface area contributed by atoms with E-state index in [-0.39, 0.29) is 23.1 Å². The Hall–Kier alpha value is -3.62. The molecule has 4 rings (SSSR count). The van der Waals surface area contributed by atoms with Crippen molar-refractivity contribution >= 4 is 57.5 Å². The van der Waals surface area contributed by atoms with Crippen LogP contribution >= 0.6 is 23.4 Å². The summed E-state index contributed by atoms with van der Waals surface area (Å²) in [5.41, 5.74) is 3.02. The van der Waals surface area contributed by atoms with Crippen LogP contribution < -0.4 is 16.2 Å². The number of benzene rings is 3. The van der Waals surface area contributed by atoms with Gasteiger partial charge in [0, 0.05) is 23.3 Å². The molecule has 0 fully saturated rings. The van der Waals surface area contributed by atoms with E-state index in [0.717, 1.165) is 17.3 Å². The number of anilines is 2. The number of halogens is 1. The van der Waals surface area contributed by atoms with Gasteiger partial charge in [-0.25, -0.2) is 4.98 Å². The molecule has 0 saturated heterocycles. The summed E-state index contributed by atoms with van der Waals surface area (Å²) < 4.78 is 1.51. The van der Waals surface area contributed by atoms with Crippen LogP contribution in [0.4, 0.5) is 11.4 Å². The molecule has 0 saturated carbocycles. The zero-order valence-corrected chi connectivity index (χ0v) is 20.0. The minimum Gasteiger partial charge on any atom is -0.326 e. The molecule has 172 valence electrons. The Balaban J connectivity index is 1.63. The fourth-order valence-corrected chi connectivity index (χ4v) is 4.41. The first-order valence-corrected chi connectivity index (χ1v) is 11.8. The van der Waals surface area contributed by atoms with Crippen molar-refractivity contribution in [2.24, 2.45) is 0 Å². The fraction of sp³-hybridized carbons (Fsp3) is 0.120. The highest BCUT2D eigenvalue weighted by molar-refractivity contribution is 7.99. The highest BCUT2D eigenvalue weighted by Gasteiger charge is 2.16. The third-order valence-corrected chi connectivity index (χ3v) is 6.03. The van der Waals surface area contributed by atoms with Gasteiger partial charge in [-0.05, 0) is 61.0 Å². The maximum Gasteiger partial charge on any atom is 0.266 e. The van der Waals surface area contributed by atoms with Crippen LogP contribution in [0.5, 0.6) is 0 Å². The van der Waals surface area contributed by atoms with Crippen molar-refractivity contribution in [2.45, 2.75) is 19.0 Å². The number of amides is 2. The zero-order chi connectivity index (χ0) is 24.2. The number of aromatic nitrogens is 2. The summed E-state index contributed by atoms with van der Waals surface area (Å²) in [6.45, 7) is 3.36. The second kappa shape index (κ2) is 10.1. The van der Waals surface area contributed by atoms with E-state index >= 15 is 0 Å². The second-order valence-corrected chi connectivity index (χ2v) is 9.01. The maximum atomic E-state index is 13.4. The number of carbonyl (C=O) groups excluding carboxylic acids is 2. The highest BCUT2D eigenvalue weighted by atomic mass is 35.5. The number of thioether (sulfide) groups is 1. The third-order valence-electron chi connectivity index (χ3n) is 4.86. The molecule has 1 heterocycles. The molecule has 0 radical (unpaired) electrons. The zero-order valence-electron chi connectivity index (χ0n) is 18.5. The lowest BCUT2D eigenvalue weighted by molar-refractivity contribution is -0.114. The van der Waals surface area contributed by atoms with Crippen LogP contribution in [0.1, 0.15) is 12.5 Å². The van der Waals surface area contributed by atoms with Crippen LogP contribution in [0.25, 0.3) is 16.6 Å². The smallest absolute Gasteiger partial charge is 0.266 e. The Morgan fingerprint density at radius 3 is 2.47 bits per heavy atom. The van der Waals surface area contributed by atoms with Gasteiger partial charge in [-0.1, -0.05) is 41.6 Å². The van der Waals surface area contributed by atoms with Crippen molar-refractivity contribution in [2.75, 3.05) is 16.4 Å². The lowest BCUT2D eigenvalue weighted by Gasteiger charge is -2.14. The summed E-state index contributed by atoms with van der Waals surface area (Å²) in [5.74, 6) is -0.453. The van der Waals surface area contributed by atoms with Crippen molar-refractivity contribution in [3.05, 3.63) is 87.7 Å². The Bertz CT molecular complexity index is 1470. The molecule has 0 aliphatic carbocycles. The molecule has 0 unspecified atom stereocenters. The largest absolute Gasteiger partial charge is 0.326 e. The minimum absolute atomic E-state index is 0.0225. The number of rotatable bonds is 6. The fourth-order valence-electron chi connectivity index (χ4n) is 3.44. The normalized spacial score (nSPS) is 10.8. The van der Waals surface area contributed by atoms with Gasteiger partial charge in [0.15, 0.2) is 5.16 Å². The first-order valence-electron chi connectivity index (χ1n) is 10.4. The summed E-state index contributed by atoms with van der Waals surface area (Å²) in [4.78, 5) is 41.9. The quantitative estimate of drug-likeness (QED) is 0.290. The molecule has 34 heavy (non-hydrogen) atoms. The van der Waals surface area contributed by atoms with Crippen LogP contribution in [0.3, 0.4) is 0 Å². The first kappa shape index (κ1) is 23.5. The van der Waals surface area contributed by atoms with Gasteiger partial charge in [0.2, 0.25) is 11.8 Å². The van der Waals surface area contributed by atoms with Crippen molar-refractivity contribution in [3.8, 4) is 5.69 Å². The van der Waals surface area contributed by atoms with Gasteiger partial charge in [0.1, 0.15) is 0 Å². The maximum absolute atomic E-state index is 13.4. The van der Waals surface area contributed by atoms with Gasteiger partial charge in [0.05, 0.1) is 22.3 Å². The van der Waals surface area contributed by atoms with Crippen LogP contribution in [0.15, 0.2) is 76.7 Å². The minimum atomic E-state index is -0.277. The number of fused-ring (bicyclic) bond motifs is 1. The molecule has 2 amide bonds. The average Bonchev–Trinajstić information content (AvgIpc) is 2.77. The number of nitrogens with zero attached hydrogens (tertiary/aromatic N) is 2. The van der Waals surface area contributed by atoms with Gasteiger partial charge in [0.25, 0.3) is 5.56 Å². The third kappa shape index (κ3) is 5.47. The van der Waals surface area contributed by atoms with Crippen molar-refractivity contribution in [3.63, 3.8) is 0 Å². The van der Waals surface area contributed by atoms with Gasteiger partial charge >= 0.3 is 0 Å². The number of aryl methyl sites for hydroxylation is 1. The number of hydrogen-bond donors (Lipinski definition) is 2. The van der Waals surface area contributed by atoms with Gasteiger partial charge in [-0.3, -0.25) is 19.0 Å². The van der Waals surface area contributed by atoms with E-state index in [4.69, 9.17) is 11.6 Å². The molecule has 0 aliphatic heterocycles. The molecule has 0 bridgehead atoms. The molecule has 4 aromatic rings. The highest BCUT2D eigenvalue weighted by Crippen LogP contribution is 2.24. The van der Waals surface area contributed by atoms with E-state index in [1.807, 2.05) is 31.2 Å². The molecule has 0 aliphatic rings. The number of nitrogens with one attached hydrogen (secondary N) is 2.